The van der Waals surface area contributed by atoms with Gasteiger partial charge in [0.15, 0.2) is 5.78 Å². The van der Waals surface area contributed by atoms with Gasteiger partial charge >= 0.3 is 6.03 Å². The smallest absolute Gasteiger partial charge is 0.322 e. The van der Waals surface area contributed by atoms with E-state index >= 15 is 0 Å². The van der Waals surface area contributed by atoms with Gasteiger partial charge in [-0.25, -0.2) is 4.79 Å². The molecule has 0 radical (unpaired) electrons. The van der Waals surface area contributed by atoms with Crippen LogP contribution in [0.5, 0.6) is 0 Å². The van der Waals surface area contributed by atoms with Crippen molar-refractivity contribution in [2.24, 2.45) is 0 Å². The summed E-state index contributed by atoms with van der Waals surface area (Å²) in [5, 5.41) is 13.1. The van der Waals surface area contributed by atoms with Crippen LogP contribution in [0.1, 0.15) is 48.4 Å². The molecule has 0 aliphatic carbocycles. The Morgan fingerprint density at radius 1 is 1.36 bits per heavy atom. The SMILES string of the molecule is CC(=O)c1cccc(NC(=O)N2CCC[C@@H]2C[C@H](O)c2ccco2)c1. The number of amides is 2. The van der Waals surface area contributed by atoms with Gasteiger partial charge in [0.1, 0.15) is 11.9 Å². The van der Waals surface area contributed by atoms with Crippen LogP contribution in [0.4, 0.5) is 10.5 Å². The third-order valence-electron chi connectivity index (χ3n) is 4.53. The van der Waals surface area contributed by atoms with Crippen LogP contribution in [0.2, 0.25) is 0 Å². The van der Waals surface area contributed by atoms with E-state index in [2.05, 4.69) is 5.32 Å². The zero-order valence-corrected chi connectivity index (χ0v) is 14.1. The van der Waals surface area contributed by atoms with Gasteiger partial charge in [0.25, 0.3) is 0 Å². The number of rotatable bonds is 5. The highest BCUT2D eigenvalue weighted by Crippen LogP contribution is 2.28. The van der Waals surface area contributed by atoms with Crippen LogP contribution >= 0.6 is 0 Å². The molecule has 6 heteroatoms. The molecular weight excluding hydrogens is 320 g/mol. The second-order valence-electron chi connectivity index (χ2n) is 6.32. The number of furan rings is 1. The molecule has 3 rings (SSSR count). The number of urea groups is 1. The van der Waals surface area contributed by atoms with Crippen LogP contribution in [0.15, 0.2) is 47.1 Å². The van der Waals surface area contributed by atoms with Gasteiger partial charge in [-0.15, -0.1) is 0 Å². The molecule has 1 aromatic carbocycles. The summed E-state index contributed by atoms with van der Waals surface area (Å²) in [5.74, 6) is 0.470. The van der Waals surface area contributed by atoms with Gasteiger partial charge in [0, 0.05) is 30.3 Å². The number of ketones is 1. The summed E-state index contributed by atoms with van der Waals surface area (Å²) < 4.78 is 5.23. The van der Waals surface area contributed by atoms with E-state index < -0.39 is 6.10 Å². The van der Waals surface area contributed by atoms with Gasteiger partial charge < -0.3 is 19.7 Å². The highest BCUT2D eigenvalue weighted by atomic mass is 16.4. The van der Waals surface area contributed by atoms with E-state index in [1.54, 1.807) is 41.3 Å². The Balaban J connectivity index is 1.64. The Kier molecular flexibility index (Phi) is 5.19. The number of hydrogen-bond acceptors (Lipinski definition) is 4. The standard InChI is InChI=1S/C19H22N2O4/c1-13(22)14-5-2-6-15(11-14)20-19(24)21-9-3-7-16(21)12-17(23)18-8-4-10-25-18/h2,4-6,8,10-11,16-17,23H,3,7,9,12H2,1H3,(H,20,24)/t16-,17+/m1/s1. The molecule has 1 saturated heterocycles. The summed E-state index contributed by atoms with van der Waals surface area (Å²) in [6.07, 6.45) is 2.98. The van der Waals surface area contributed by atoms with E-state index in [9.17, 15) is 14.7 Å². The maximum Gasteiger partial charge on any atom is 0.322 e. The Morgan fingerprint density at radius 3 is 2.92 bits per heavy atom. The largest absolute Gasteiger partial charge is 0.467 e. The predicted octanol–water partition coefficient (Wildman–Crippen LogP) is 3.60. The molecule has 1 aromatic heterocycles. The van der Waals surface area contributed by atoms with Crippen LogP contribution in [0.3, 0.4) is 0 Å². The molecular formula is C19H22N2O4. The number of aliphatic hydroxyl groups is 1. The normalized spacial score (nSPS) is 18.2. The molecule has 1 aliphatic heterocycles. The number of anilines is 1. The fourth-order valence-electron chi connectivity index (χ4n) is 3.21. The predicted molar refractivity (Wildman–Crippen MR) is 93.5 cm³/mol. The molecule has 0 unspecified atom stereocenters. The lowest BCUT2D eigenvalue weighted by atomic mass is 10.1. The number of likely N-dealkylation sites (tertiary alicyclic amines) is 1. The summed E-state index contributed by atoms with van der Waals surface area (Å²) in [5.41, 5.74) is 1.15. The molecule has 2 N–H and O–H groups in total. The highest BCUT2D eigenvalue weighted by Gasteiger charge is 2.31. The molecule has 2 aromatic rings. The minimum atomic E-state index is -0.727. The topological polar surface area (TPSA) is 82.8 Å². The number of nitrogens with one attached hydrogen (secondary N) is 1. The van der Waals surface area contributed by atoms with Gasteiger partial charge in [-0.1, -0.05) is 12.1 Å². The minimum absolute atomic E-state index is 0.0447. The molecule has 6 nitrogen and oxygen atoms in total. The van der Waals surface area contributed by atoms with Crippen molar-refractivity contribution in [3.05, 3.63) is 54.0 Å². The lowest BCUT2D eigenvalue weighted by Gasteiger charge is -2.26. The van der Waals surface area contributed by atoms with Gasteiger partial charge in [-0.2, -0.15) is 0 Å². The van der Waals surface area contributed by atoms with E-state index in [0.29, 0.717) is 30.0 Å². The summed E-state index contributed by atoms with van der Waals surface area (Å²) in [6, 6.07) is 10.1. The van der Waals surface area contributed by atoms with Crippen molar-refractivity contribution in [1.29, 1.82) is 0 Å². The summed E-state index contributed by atoms with van der Waals surface area (Å²) in [6.45, 7) is 2.14. The first-order valence-electron chi connectivity index (χ1n) is 8.44. The average molecular weight is 342 g/mol. The zero-order chi connectivity index (χ0) is 17.8. The second kappa shape index (κ2) is 7.53. The number of carbonyl (C=O) groups is 2. The number of hydrogen-bond donors (Lipinski definition) is 2. The van der Waals surface area contributed by atoms with Gasteiger partial charge in [0.05, 0.1) is 6.26 Å². The van der Waals surface area contributed by atoms with Crippen molar-refractivity contribution in [1.82, 2.24) is 4.90 Å². The van der Waals surface area contributed by atoms with Crippen molar-refractivity contribution in [2.45, 2.75) is 38.3 Å². The fourth-order valence-corrected chi connectivity index (χ4v) is 3.21. The van der Waals surface area contributed by atoms with Gasteiger partial charge in [0.2, 0.25) is 0 Å². The Labute approximate surface area is 146 Å². The van der Waals surface area contributed by atoms with Crippen molar-refractivity contribution in [3.63, 3.8) is 0 Å². The van der Waals surface area contributed by atoms with Gasteiger partial charge in [-0.05, 0) is 44.0 Å². The Bertz CT molecular complexity index is 742. The van der Waals surface area contributed by atoms with Crippen molar-refractivity contribution >= 4 is 17.5 Å². The first kappa shape index (κ1) is 17.2. The summed E-state index contributed by atoms with van der Waals surface area (Å²) in [7, 11) is 0. The third-order valence-corrected chi connectivity index (χ3v) is 4.53. The molecule has 132 valence electrons. The quantitative estimate of drug-likeness (QED) is 0.813. The van der Waals surface area contributed by atoms with Gasteiger partial charge in [-0.3, -0.25) is 4.79 Å². The minimum Gasteiger partial charge on any atom is -0.467 e. The van der Waals surface area contributed by atoms with E-state index in [1.165, 1.54) is 13.2 Å². The maximum absolute atomic E-state index is 12.6. The number of Topliss-reactive ketones (excluding diaryl/α,β-unsaturated/α-hetero) is 1. The van der Waals surface area contributed by atoms with Crippen LogP contribution in [-0.4, -0.2) is 34.4 Å². The summed E-state index contributed by atoms with van der Waals surface area (Å²) >= 11 is 0. The first-order chi connectivity index (χ1) is 12.0. The molecule has 2 amide bonds. The highest BCUT2D eigenvalue weighted by molar-refractivity contribution is 5.96. The van der Waals surface area contributed by atoms with Crippen LogP contribution < -0.4 is 5.32 Å². The molecule has 0 saturated carbocycles. The first-order valence-corrected chi connectivity index (χ1v) is 8.44. The Morgan fingerprint density at radius 2 is 2.20 bits per heavy atom. The molecule has 25 heavy (non-hydrogen) atoms. The van der Waals surface area contributed by atoms with Crippen molar-refractivity contribution in [3.8, 4) is 0 Å². The van der Waals surface area contributed by atoms with E-state index in [0.717, 1.165) is 12.8 Å². The molecule has 0 spiro atoms. The van der Waals surface area contributed by atoms with Crippen LogP contribution in [0, 0.1) is 0 Å². The number of nitrogens with zero attached hydrogens (tertiary/aromatic N) is 1. The number of benzene rings is 1. The molecule has 2 heterocycles. The van der Waals surface area contributed by atoms with E-state index in [-0.39, 0.29) is 17.9 Å². The Hall–Kier alpha value is -2.60. The monoisotopic (exact) mass is 342 g/mol. The fraction of sp³-hybridized carbons (Fsp3) is 0.368. The lowest BCUT2D eigenvalue weighted by molar-refractivity contribution is 0.101. The average Bonchev–Trinajstić information content (AvgIpc) is 3.26. The number of aliphatic hydroxyl groups excluding tert-OH is 1. The van der Waals surface area contributed by atoms with Crippen molar-refractivity contribution in [2.75, 3.05) is 11.9 Å². The third kappa shape index (κ3) is 4.09. The van der Waals surface area contributed by atoms with Crippen molar-refractivity contribution < 1.29 is 19.1 Å². The van der Waals surface area contributed by atoms with E-state index in [4.69, 9.17) is 4.42 Å². The molecule has 1 aliphatic rings. The zero-order valence-electron chi connectivity index (χ0n) is 14.1. The van der Waals surface area contributed by atoms with E-state index in [1.807, 2.05) is 0 Å². The van der Waals surface area contributed by atoms with Crippen LogP contribution in [-0.2, 0) is 0 Å². The second-order valence-corrected chi connectivity index (χ2v) is 6.32. The lowest BCUT2D eigenvalue weighted by Crippen LogP contribution is -2.39. The maximum atomic E-state index is 12.6. The molecule has 1 fully saturated rings. The summed E-state index contributed by atoms with van der Waals surface area (Å²) in [4.78, 5) is 25.8. The molecule has 2 atom stereocenters. The number of carbonyl (C=O) groups excluding carboxylic acids is 2. The molecule has 0 bridgehead atoms. The van der Waals surface area contributed by atoms with Crippen LogP contribution in [0.25, 0.3) is 0 Å².